The van der Waals surface area contributed by atoms with Gasteiger partial charge in [0, 0.05) is 24.6 Å². The lowest BCUT2D eigenvalue weighted by atomic mass is 9.84. The number of aromatic nitrogens is 2. The summed E-state index contributed by atoms with van der Waals surface area (Å²) in [5, 5.41) is 7.28. The summed E-state index contributed by atoms with van der Waals surface area (Å²) in [6.45, 7) is 3.06. The number of morpholine rings is 1. The normalized spacial score (nSPS) is 24.9. The molecule has 19 heavy (non-hydrogen) atoms. The molecule has 1 N–H and O–H groups in total. The van der Waals surface area contributed by atoms with Crippen LogP contribution in [-0.2, 0) is 9.53 Å². The van der Waals surface area contributed by atoms with Crippen LogP contribution in [0.1, 0.15) is 19.3 Å². The lowest BCUT2D eigenvalue weighted by Gasteiger charge is -2.38. The van der Waals surface area contributed by atoms with Crippen LogP contribution in [0.5, 0.6) is 0 Å². The molecule has 1 saturated heterocycles. The Balaban J connectivity index is 1.60. The van der Waals surface area contributed by atoms with Gasteiger partial charge in [0.1, 0.15) is 11.0 Å². The number of nitrogens with zero attached hydrogens (tertiary/aromatic N) is 3. The molecule has 7 heteroatoms. The molecular weight excluding hydrogens is 264 g/mol. The lowest BCUT2D eigenvalue weighted by molar-refractivity contribution is -0.128. The van der Waals surface area contributed by atoms with Crippen LogP contribution in [0.4, 0.5) is 5.00 Å². The molecule has 0 bridgehead atoms. The van der Waals surface area contributed by atoms with Crippen LogP contribution >= 0.6 is 11.5 Å². The molecule has 104 valence electrons. The minimum absolute atomic E-state index is 0.00919. The highest BCUT2D eigenvalue weighted by atomic mass is 32.1. The van der Waals surface area contributed by atoms with Crippen molar-refractivity contribution in [2.24, 2.45) is 5.92 Å². The largest absolute Gasteiger partial charge is 0.378 e. The van der Waals surface area contributed by atoms with Gasteiger partial charge in [-0.05, 0) is 18.8 Å². The first kappa shape index (κ1) is 13.0. The molecule has 0 unspecified atom stereocenters. The highest BCUT2D eigenvalue weighted by molar-refractivity contribution is 7.10. The molecule has 1 aliphatic heterocycles. The van der Waals surface area contributed by atoms with E-state index in [1.54, 1.807) is 6.20 Å². The van der Waals surface area contributed by atoms with E-state index in [1.807, 2.05) is 0 Å². The molecule has 1 amide bonds. The first-order valence-corrected chi connectivity index (χ1v) is 7.50. The Kier molecular flexibility index (Phi) is 4.05. The van der Waals surface area contributed by atoms with Crippen LogP contribution in [0.3, 0.4) is 0 Å². The van der Waals surface area contributed by atoms with Gasteiger partial charge in [-0.25, -0.2) is 0 Å². The van der Waals surface area contributed by atoms with E-state index in [4.69, 9.17) is 4.74 Å². The molecular formula is C12H18N4O2S. The van der Waals surface area contributed by atoms with Gasteiger partial charge in [-0.3, -0.25) is 9.69 Å². The molecule has 2 heterocycles. The van der Waals surface area contributed by atoms with Crippen molar-refractivity contribution in [2.75, 3.05) is 31.6 Å². The van der Waals surface area contributed by atoms with E-state index in [9.17, 15) is 4.79 Å². The molecule has 2 fully saturated rings. The summed E-state index contributed by atoms with van der Waals surface area (Å²) < 4.78 is 9.20. The van der Waals surface area contributed by atoms with Crippen LogP contribution in [0, 0.1) is 5.92 Å². The number of anilines is 1. The van der Waals surface area contributed by atoms with Crippen molar-refractivity contribution in [3.05, 3.63) is 6.20 Å². The maximum absolute atomic E-state index is 12.3. The molecule has 0 radical (unpaired) electrons. The van der Waals surface area contributed by atoms with Gasteiger partial charge in [0.05, 0.1) is 19.4 Å². The summed E-state index contributed by atoms with van der Waals surface area (Å²) in [6.07, 6.45) is 5.50. The van der Waals surface area contributed by atoms with Gasteiger partial charge in [-0.1, -0.05) is 10.9 Å². The van der Waals surface area contributed by atoms with Gasteiger partial charge in [0.25, 0.3) is 0 Å². The molecule has 0 spiro atoms. The summed E-state index contributed by atoms with van der Waals surface area (Å²) in [4.78, 5) is 14.5. The molecule has 6 nitrogen and oxygen atoms in total. The average molecular weight is 282 g/mol. The first-order valence-electron chi connectivity index (χ1n) is 6.73. The standard InChI is InChI=1S/C12H18N4O2S/c17-12(14-11-6-13-15-19-11)10-8-18-5-4-16(10)7-9-2-1-3-9/h6,9-10H,1-5,7-8H2,(H,14,17)/t10-/m1/s1. The third kappa shape index (κ3) is 3.10. The van der Waals surface area contributed by atoms with E-state index >= 15 is 0 Å². The minimum atomic E-state index is -0.184. The van der Waals surface area contributed by atoms with Crippen molar-refractivity contribution in [3.8, 4) is 0 Å². The number of rotatable bonds is 4. The second kappa shape index (κ2) is 5.94. The Labute approximate surface area is 116 Å². The number of ether oxygens (including phenoxy) is 1. The predicted molar refractivity (Wildman–Crippen MR) is 72.1 cm³/mol. The molecule has 1 aromatic rings. The van der Waals surface area contributed by atoms with Gasteiger partial charge in [-0.2, -0.15) is 0 Å². The van der Waals surface area contributed by atoms with Crippen molar-refractivity contribution in [1.29, 1.82) is 0 Å². The van der Waals surface area contributed by atoms with Crippen molar-refractivity contribution in [2.45, 2.75) is 25.3 Å². The Morgan fingerprint density at radius 2 is 2.47 bits per heavy atom. The van der Waals surface area contributed by atoms with Crippen LogP contribution in [0.15, 0.2) is 6.20 Å². The fourth-order valence-electron chi connectivity index (χ4n) is 2.53. The monoisotopic (exact) mass is 282 g/mol. The molecule has 2 aliphatic rings. The zero-order chi connectivity index (χ0) is 13.1. The Hall–Kier alpha value is -1.05. The SMILES string of the molecule is O=C(Nc1cnns1)[C@H]1COCCN1CC1CCC1. The van der Waals surface area contributed by atoms with Crippen molar-refractivity contribution in [1.82, 2.24) is 14.5 Å². The van der Waals surface area contributed by atoms with Crippen molar-refractivity contribution < 1.29 is 9.53 Å². The second-order valence-corrected chi connectivity index (χ2v) is 5.94. The number of carbonyl (C=O) groups excluding carboxylic acids is 1. The summed E-state index contributed by atoms with van der Waals surface area (Å²) in [6, 6.07) is -0.184. The highest BCUT2D eigenvalue weighted by Crippen LogP contribution is 2.28. The van der Waals surface area contributed by atoms with Gasteiger partial charge >= 0.3 is 0 Å². The number of hydrogen-bond donors (Lipinski definition) is 1. The molecule has 1 aliphatic carbocycles. The van der Waals surface area contributed by atoms with Crippen LogP contribution in [0.2, 0.25) is 0 Å². The smallest absolute Gasteiger partial charge is 0.244 e. The highest BCUT2D eigenvalue weighted by Gasteiger charge is 2.32. The summed E-state index contributed by atoms with van der Waals surface area (Å²) in [5.41, 5.74) is 0. The summed E-state index contributed by atoms with van der Waals surface area (Å²) in [5.74, 6) is 0.753. The fraction of sp³-hybridized carbons (Fsp3) is 0.750. The molecule has 1 atom stereocenters. The Bertz CT molecular complexity index is 421. The van der Waals surface area contributed by atoms with Crippen LogP contribution < -0.4 is 5.32 Å². The molecule has 0 aromatic carbocycles. The number of hydrogen-bond acceptors (Lipinski definition) is 6. The zero-order valence-corrected chi connectivity index (χ0v) is 11.6. The van der Waals surface area contributed by atoms with Gasteiger partial charge in [0.2, 0.25) is 5.91 Å². The lowest BCUT2D eigenvalue weighted by Crippen LogP contribution is -2.53. The Morgan fingerprint density at radius 3 is 3.16 bits per heavy atom. The summed E-state index contributed by atoms with van der Waals surface area (Å²) >= 11 is 1.19. The quantitative estimate of drug-likeness (QED) is 0.891. The summed E-state index contributed by atoms with van der Waals surface area (Å²) in [7, 11) is 0. The third-order valence-electron chi connectivity index (χ3n) is 3.87. The Morgan fingerprint density at radius 1 is 1.58 bits per heavy atom. The van der Waals surface area contributed by atoms with E-state index in [0.29, 0.717) is 11.6 Å². The topological polar surface area (TPSA) is 67.3 Å². The number of nitrogens with one attached hydrogen (secondary N) is 1. The fourth-order valence-corrected chi connectivity index (χ4v) is 2.95. The van der Waals surface area contributed by atoms with Gasteiger partial charge in [-0.15, -0.1) is 5.10 Å². The zero-order valence-electron chi connectivity index (χ0n) is 10.7. The van der Waals surface area contributed by atoms with Gasteiger partial charge < -0.3 is 10.1 Å². The maximum atomic E-state index is 12.3. The molecule has 1 aromatic heterocycles. The second-order valence-electron chi connectivity index (χ2n) is 5.15. The van der Waals surface area contributed by atoms with E-state index in [0.717, 1.165) is 25.6 Å². The van der Waals surface area contributed by atoms with E-state index in [1.165, 1.54) is 30.8 Å². The van der Waals surface area contributed by atoms with Crippen LogP contribution in [-0.4, -0.2) is 52.7 Å². The minimum Gasteiger partial charge on any atom is -0.378 e. The third-order valence-corrected chi connectivity index (χ3v) is 4.45. The van der Waals surface area contributed by atoms with Crippen molar-refractivity contribution >= 4 is 22.4 Å². The van der Waals surface area contributed by atoms with E-state index in [-0.39, 0.29) is 11.9 Å². The number of amides is 1. The van der Waals surface area contributed by atoms with Gasteiger partial charge in [0.15, 0.2) is 0 Å². The average Bonchev–Trinajstić information content (AvgIpc) is 2.87. The van der Waals surface area contributed by atoms with E-state index < -0.39 is 0 Å². The first-order chi connectivity index (χ1) is 9.33. The predicted octanol–water partition coefficient (Wildman–Crippen LogP) is 0.977. The molecule has 3 rings (SSSR count). The number of carbonyl (C=O) groups is 1. The van der Waals surface area contributed by atoms with Crippen LogP contribution in [0.25, 0.3) is 0 Å². The maximum Gasteiger partial charge on any atom is 0.244 e. The van der Waals surface area contributed by atoms with E-state index in [2.05, 4.69) is 19.8 Å². The molecule has 1 saturated carbocycles. The van der Waals surface area contributed by atoms with Crippen molar-refractivity contribution in [3.63, 3.8) is 0 Å².